The van der Waals surface area contributed by atoms with Crippen LogP contribution in [0.2, 0.25) is 0 Å². The van der Waals surface area contributed by atoms with Gasteiger partial charge in [0.1, 0.15) is 17.2 Å². The lowest BCUT2D eigenvalue weighted by Gasteiger charge is -2.31. The minimum atomic E-state index is -0.280. The van der Waals surface area contributed by atoms with Crippen LogP contribution < -0.4 is 15.8 Å². The Morgan fingerprint density at radius 2 is 2.03 bits per heavy atom. The van der Waals surface area contributed by atoms with Gasteiger partial charge in [0.15, 0.2) is 0 Å². The Labute approximate surface area is 228 Å². The van der Waals surface area contributed by atoms with Crippen molar-refractivity contribution in [1.82, 2.24) is 14.1 Å². The molecular weight excluding hydrogens is 494 g/mol. The van der Waals surface area contributed by atoms with Crippen LogP contribution in [-0.4, -0.2) is 50.9 Å². The molecule has 0 radical (unpaired) electrons. The second-order valence-electron chi connectivity index (χ2n) is 11.9. The Morgan fingerprint density at radius 1 is 1.21 bits per heavy atom. The van der Waals surface area contributed by atoms with E-state index in [2.05, 4.69) is 28.7 Å². The number of aliphatic hydroxyl groups excluding tert-OH is 1. The number of nitrogens with one attached hydrogen (secondary N) is 1. The highest BCUT2D eigenvalue weighted by Crippen LogP contribution is 2.40. The third-order valence-corrected chi connectivity index (χ3v) is 8.36. The second kappa shape index (κ2) is 9.64. The quantitative estimate of drug-likeness (QED) is 0.462. The molecule has 0 bridgehead atoms. The highest BCUT2D eigenvalue weighted by atomic mass is 16.5. The SMILES string of the molecule is CCOC1C[C@@H]1CNc1cc(-c2ccnc(N3CCn4c(cc5c4CC(C)(C)C5)C3=O)c2CO)cn(C)c1=O. The van der Waals surface area contributed by atoms with Crippen molar-refractivity contribution in [3.63, 3.8) is 0 Å². The van der Waals surface area contributed by atoms with Crippen LogP contribution in [0.3, 0.4) is 0 Å². The molecule has 0 saturated heterocycles. The fourth-order valence-corrected chi connectivity index (χ4v) is 6.33. The zero-order chi connectivity index (χ0) is 27.5. The Hall–Kier alpha value is -3.43. The van der Waals surface area contributed by atoms with Crippen molar-refractivity contribution in [2.24, 2.45) is 18.4 Å². The first-order chi connectivity index (χ1) is 18.7. The van der Waals surface area contributed by atoms with Gasteiger partial charge in [0.2, 0.25) is 0 Å². The third-order valence-electron chi connectivity index (χ3n) is 8.36. The maximum absolute atomic E-state index is 13.7. The summed E-state index contributed by atoms with van der Waals surface area (Å²) in [6, 6.07) is 5.70. The molecule has 1 saturated carbocycles. The number of ether oxygens (including phenoxy) is 1. The largest absolute Gasteiger partial charge is 0.392 e. The van der Waals surface area contributed by atoms with Crippen molar-refractivity contribution in [2.45, 2.75) is 59.3 Å². The molecule has 206 valence electrons. The molecule has 2 aliphatic carbocycles. The molecular formula is C30H37N5O4. The average molecular weight is 532 g/mol. The predicted molar refractivity (Wildman–Crippen MR) is 150 cm³/mol. The molecule has 2 atom stereocenters. The van der Waals surface area contributed by atoms with Gasteiger partial charge in [0.25, 0.3) is 11.5 Å². The molecule has 1 aliphatic heterocycles. The summed E-state index contributed by atoms with van der Waals surface area (Å²) in [5.41, 5.74) is 5.93. The van der Waals surface area contributed by atoms with E-state index < -0.39 is 0 Å². The Morgan fingerprint density at radius 3 is 2.79 bits per heavy atom. The number of amides is 1. The summed E-state index contributed by atoms with van der Waals surface area (Å²) in [6.45, 7) is 8.79. The summed E-state index contributed by atoms with van der Waals surface area (Å²) in [5.74, 6) is 0.771. The van der Waals surface area contributed by atoms with Gasteiger partial charge in [-0.1, -0.05) is 13.8 Å². The fourth-order valence-electron chi connectivity index (χ4n) is 6.33. The molecule has 4 heterocycles. The average Bonchev–Trinajstić information content (AvgIpc) is 3.46. The predicted octanol–water partition coefficient (Wildman–Crippen LogP) is 3.36. The molecule has 6 rings (SSSR count). The monoisotopic (exact) mass is 531 g/mol. The first-order valence-electron chi connectivity index (χ1n) is 13.9. The van der Waals surface area contributed by atoms with Crippen LogP contribution in [0, 0.1) is 11.3 Å². The zero-order valence-electron chi connectivity index (χ0n) is 23.2. The molecule has 3 aliphatic rings. The van der Waals surface area contributed by atoms with Crippen molar-refractivity contribution < 1.29 is 14.6 Å². The van der Waals surface area contributed by atoms with Gasteiger partial charge in [-0.3, -0.25) is 14.5 Å². The van der Waals surface area contributed by atoms with Crippen molar-refractivity contribution in [3.05, 3.63) is 63.5 Å². The minimum absolute atomic E-state index is 0.0936. The number of aromatic nitrogens is 3. The molecule has 9 nitrogen and oxygen atoms in total. The number of aliphatic hydroxyl groups is 1. The van der Waals surface area contributed by atoms with Crippen molar-refractivity contribution in [3.8, 4) is 11.1 Å². The first kappa shape index (κ1) is 25.8. The van der Waals surface area contributed by atoms with Gasteiger partial charge >= 0.3 is 0 Å². The van der Waals surface area contributed by atoms with Gasteiger partial charge in [-0.05, 0) is 60.9 Å². The molecule has 0 spiro atoms. The summed E-state index contributed by atoms with van der Waals surface area (Å²) in [5, 5.41) is 13.8. The summed E-state index contributed by atoms with van der Waals surface area (Å²) in [7, 11) is 1.72. The number of rotatable bonds is 8. The summed E-state index contributed by atoms with van der Waals surface area (Å²) in [4.78, 5) is 32.8. The van der Waals surface area contributed by atoms with Gasteiger partial charge in [0, 0.05) is 68.4 Å². The van der Waals surface area contributed by atoms with Crippen LogP contribution in [-0.2, 0) is 37.8 Å². The molecule has 1 fully saturated rings. The maximum Gasteiger partial charge on any atom is 0.276 e. The first-order valence-corrected chi connectivity index (χ1v) is 13.9. The fraction of sp³-hybridized carbons (Fsp3) is 0.500. The van der Waals surface area contributed by atoms with Crippen LogP contribution in [0.25, 0.3) is 11.1 Å². The van der Waals surface area contributed by atoms with Crippen molar-refractivity contribution in [2.75, 3.05) is 29.9 Å². The number of hydrogen-bond donors (Lipinski definition) is 2. The van der Waals surface area contributed by atoms with E-state index in [0.29, 0.717) is 54.9 Å². The Balaban J connectivity index is 1.30. The third kappa shape index (κ3) is 4.57. The number of hydrogen-bond acceptors (Lipinski definition) is 6. The summed E-state index contributed by atoms with van der Waals surface area (Å²) in [6.07, 6.45) is 6.64. The zero-order valence-corrected chi connectivity index (χ0v) is 23.2. The molecule has 9 heteroatoms. The van der Waals surface area contributed by atoms with Crippen LogP contribution in [0.1, 0.15) is 54.5 Å². The number of anilines is 2. The van der Waals surface area contributed by atoms with E-state index in [-0.39, 0.29) is 29.6 Å². The lowest BCUT2D eigenvalue weighted by Crippen LogP contribution is -2.41. The molecule has 3 aromatic rings. The molecule has 1 unspecified atom stereocenters. The minimum Gasteiger partial charge on any atom is -0.392 e. The highest BCUT2D eigenvalue weighted by Gasteiger charge is 2.38. The van der Waals surface area contributed by atoms with E-state index in [1.807, 2.05) is 25.1 Å². The van der Waals surface area contributed by atoms with Gasteiger partial charge in [-0.25, -0.2) is 4.98 Å². The van der Waals surface area contributed by atoms with Crippen molar-refractivity contribution >= 4 is 17.4 Å². The summed E-state index contributed by atoms with van der Waals surface area (Å²) >= 11 is 0. The van der Waals surface area contributed by atoms with Crippen LogP contribution in [0.5, 0.6) is 0 Å². The van der Waals surface area contributed by atoms with Crippen LogP contribution in [0.4, 0.5) is 11.5 Å². The number of pyridine rings is 2. The topological polar surface area (TPSA) is 102 Å². The van der Waals surface area contributed by atoms with E-state index in [0.717, 1.165) is 30.4 Å². The van der Waals surface area contributed by atoms with Gasteiger partial charge in [0.05, 0.1) is 12.7 Å². The van der Waals surface area contributed by atoms with Gasteiger partial charge in [-0.2, -0.15) is 0 Å². The number of fused-ring (bicyclic) bond motifs is 3. The second-order valence-corrected chi connectivity index (χ2v) is 11.9. The lowest BCUT2D eigenvalue weighted by molar-refractivity contribution is 0.0962. The van der Waals surface area contributed by atoms with E-state index in [9.17, 15) is 14.7 Å². The molecule has 3 aromatic heterocycles. The van der Waals surface area contributed by atoms with E-state index in [4.69, 9.17) is 4.74 Å². The Bertz CT molecular complexity index is 1500. The normalized spacial score (nSPS) is 21.2. The van der Waals surface area contributed by atoms with E-state index in [1.165, 1.54) is 11.3 Å². The van der Waals surface area contributed by atoms with E-state index in [1.54, 1.807) is 28.9 Å². The number of aryl methyl sites for hydroxylation is 1. The lowest BCUT2D eigenvalue weighted by atomic mass is 9.90. The van der Waals surface area contributed by atoms with E-state index >= 15 is 0 Å². The van der Waals surface area contributed by atoms with Crippen LogP contribution >= 0.6 is 0 Å². The highest BCUT2D eigenvalue weighted by molar-refractivity contribution is 6.06. The summed E-state index contributed by atoms with van der Waals surface area (Å²) < 4.78 is 9.39. The number of carbonyl (C=O) groups excluding carboxylic acids is 1. The maximum atomic E-state index is 13.7. The van der Waals surface area contributed by atoms with Crippen LogP contribution in [0.15, 0.2) is 35.4 Å². The molecule has 39 heavy (non-hydrogen) atoms. The van der Waals surface area contributed by atoms with Crippen molar-refractivity contribution in [1.29, 1.82) is 0 Å². The molecule has 2 N–H and O–H groups in total. The van der Waals surface area contributed by atoms with Gasteiger partial charge in [-0.15, -0.1) is 0 Å². The number of carbonyl (C=O) groups is 1. The Kier molecular flexibility index (Phi) is 6.38. The number of nitrogens with zero attached hydrogens (tertiary/aromatic N) is 4. The smallest absolute Gasteiger partial charge is 0.276 e. The molecule has 1 amide bonds. The standard InChI is InChI=1S/C30H37N5O4/c1-5-39-26-12-19(26)15-32-23-10-20(16-33(4)28(23)37)21-6-7-31-27(22(21)17-36)35-9-8-34-24(29(35)38)11-18-13-30(2,3)14-25(18)34/h6-7,10-11,16,19,26,32,36H,5,8-9,12-15,17H2,1-4H3/t19-,26?/m1/s1. The van der Waals surface area contributed by atoms with Gasteiger partial charge < -0.3 is 24.3 Å². The molecule has 0 aromatic carbocycles.